The topological polar surface area (TPSA) is 111 Å². The Hall–Kier alpha value is -3.08. The van der Waals surface area contributed by atoms with Gasteiger partial charge in [0.15, 0.2) is 18.1 Å². The van der Waals surface area contributed by atoms with Crippen LogP contribution in [0, 0.1) is 3.57 Å². The van der Waals surface area contributed by atoms with Gasteiger partial charge in [-0.3, -0.25) is 14.4 Å². The molecule has 2 N–H and O–H groups in total. The summed E-state index contributed by atoms with van der Waals surface area (Å²) in [6, 6.07) is 13.0. The highest BCUT2D eigenvalue weighted by atomic mass is 127. The number of hydrogen-bond donors (Lipinski definition) is 2. The number of methoxy groups -OCH3 is 1. The van der Waals surface area contributed by atoms with Crippen molar-refractivity contribution in [3.05, 3.63) is 69.3 Å². The number of esters is 2. The molecule has 0 bridgehead atoms. The summed E-state index contributed by atoms with van der Waals surface area (Å²) in [7, 11) is 1.46. The largest absolute Gasteiger partial charge is 0.504 e. The third-order valence-electron chi connectivity index (χ3n) is 7.37. The van der Waals surface area contributed by atoms with Crippen molar-refractivity contribution in [2.24, 2.45) is 0 Å². The first-order valence-corrected chi connectivity index (χ1v) is 17.3. The molecule has 0 radical (unpaired) electrons. The van der Waals surface area contributed by atoms with Crippen molar-refractivity contribution in [2.45, 2.75) is 109 Å². The number of phenolic OH excluding ortho intramolecular Hbond substituents is 1. The molecule has 0 saturated carbocycles. The molecular weight excluding hydrogens is 685 g/mol. The zero-order chi connectivity index (χ0) is 32.7. The Kier molecular flexibility index (Phi) is 19.7. The maximum absolute atomic E-state index is 12.5. The summed E-state index contributed by atoms with van der Waals surface area (Å²) in [5.74, 6) is -0.548. The number of allylic oxidation sites excluding steroid dienone is 1. The minimum atomic E-state index is -0.382. The number of aromatic hydroxyl groups is 1. The third kappa shape index (κ3) is 17.3. The summed E-state index contributed by atoms with van der Waals surface area (Å²) in [6.45, 7) is 2.12. The number of phenols is 1. The molecule has 0 aliphatic rings. The molecule has 248 valence electrons. The maximum Gasteiger partial charge on any atom is 0.310 e. The number of unbranched alkanes of at least 4 members (excludes halogenated alkanes) is 8. The molecule has 9 heteroatoms. The van der Waals surface area contributed by atoms with Gasteiger partial charge in [0, 0.05) is 23.0 Å². The second-order valence-electron chi connectivity index (χ2n) is 11.2. The first-order valence-electron chi connectivity index (χ1n) is 16.2. The van der Waals surface area contributed by atoms with Crippen LogP contribution in [-0.4, -0.2) is 42.8 Å². The fourth-order valence-electron chi connectivity index (χ4n) is 4.79. The van der Waals surface area contributed by atoms with E-state index >= 15 is 0 Å². The van der Waals surface area contributed by atoms with Crippen LogP contribution in [-0.2, 0) is 36.8 Å². The number of halogens is 1. The minimum absolute atomic E-state index is 0.0377. The predicted molar refractivity (Wildman–Crippen MR) is 185 cm³/mol. The van der Waals surface area contributed by atoms with E-state index in [4.69, 9.17) is 14.2 Å². The van der Waals surface area contributed by atoms with E-state index in [1.165, 1.54) is 20.0 Å². The number of carbonyl (C=O) groups excluding carboxylic acids is 3. The lowest BCUT2D eigenvalue weighted by Crippen LogP contribution is -2.28. The van der Waals surface area contributed by atoms with Crippen LogP contribution in [0.1, 0.15) is 102 Å². The fraction of sp³-hybridized carbons (Fsp3) is 0.528. The van der Waals surface area contributed by atoms with Gasteiger partial charge in [0.25, 0.3) is 5.91 Å². The first-order chi connectivity index (χ1) is 21.8. The van der Waals surface area contributed by atoms with Crippen molar-refractivity contribution in [1.82, 2.24) is 5.32 Å². The van der Waals surface area contributed by atoms with Crippen LogP contribution in [0.5, 0.6) is 11.5 Å². The number of hydrogen-bond acceptors (Lipinski definition) is 7. The van der Waals surface area contributed by atoms with Crippen molar-refractivity contribution < 1.29 is 33.7 Å². The zero-order valence-electron chi connectivity index (χ0n) is 26.9. The minimum Gasteiger partial charge on any atom is -0.504 e. The van der Waals surface area contributed by atoms with Crippen LogP contribution in [0.15, 0.2) is 54.6 Å². The smallest absolute Gasteiger partial charge is 0.310 e. The van der Waals surface area contributed by atoms with Gasteiger partial charge in [-0.25, -0.2) is 0 Å². The van der Waals surface area contributed by atoms with E-state index in [0.29, 0.717) is 18.6 Å². The van der Waals surface area contributed by atoms with E-state index in [1.54, 1.807) is 12.1 Å². The molecule has 0 fully saturated rings. The van der Waals surface area contributed by atoms with E-state index in [2.05, 4.69) is 47.0 Å². The van der Waals surface area contributed by atoms with E-state index in [1.807, 2.05) is 30.3 Å². The Morgan fingerprint density at radius 1 is 0.933 bits per heavy atom. The van der Waals surface area contributed by atoms with Crippen molar-refractivity contribution >= 4 is 40.4 Å². The van der Waals surface area contributed by atoms with E-state index in [-0.39, 0.29) is 42.9 Å². The highest BCUT2D eigenvalue weighted by Crippen LogP contribution is 2.30. The highest BCUT2D eigenvalue weighted by Gasteiger charge is 2.14. The molecule has 0 spiro atoms. The molecule has 0 aromatic heterocycles. The highest BCUT2D eigenvalue weighted by molar-refractivity contribution is 14.1. The van der Waals surface area contributed by atoms with Gasteiger partial charge in [0.2, 0.25) is 0 Å². The summed E-state index contributed by atoms with van der Waals surface area (Å²) in [5.41, 5.74) is 1.77. The van der Waals surface area contributed by atoms with Crippen molar-refractivity contribution in [2.75, 3.05) is 13.7 Å². The van der Waals surface area contributed by atoms with Crippen LogP contribution >= 0.6 is 22.6 Å². The molecule has 2 aromatic carbocycles. The van der Waals surface area contributed by atoms with Crippen LogP contribution in [0.4, 0.5) is 0 Å². The van der Waals surface area contributed by atoms with Gasteiger partial charge < -0.3 is 24.6 Å². The molecular formula is C36H50INO7. The van der Waals surface area contributed by atoms with Gasteiger partial charge in [0.05, 0.1) is 13.5 Å². The van der Waals surface area contributed by atoms with Crippen molar-refractivity contribution in [3.63, 3.8) is 0 Å². The molecule has 1 atom stereocenters. The van der Waals surface area contributed by atoms with E-state index in [0.717, 1.165) is 78.9 Å². The van der Waals surface area contributed by atoms with Crippen molar-refractivity contribution in [3.8, 4) is 11.5 Å². The van der Waals surface area contributed by atoms with E-state index in [9.17, 15) is 19.5 Å². The molecule has 0 aliphatic heterocycles. The molecule has 0 saturated heterocycles. The number of ether oxygens (including phenoxy) is 3. The summed E-state index contributed by atoms with van der Waals surface area (Å²) in [6.07, 6.45) is 17.0. The van der Waals surface area contributed by atoms with Crippen LogP contribution in [0.25, 0.3) is 0 Å². The van der Waals surface area contributed by atoms with Gasteiger partial charge in [-0.2, -0.15) is 0 Å². The van der Waals surface area contributed by atoms with Gasteiger partial charge >= 0.3 is 11.9 Å². The van der Waals surface area contributed by atoms with E-state index < -0.39 is 0 Å². The second-order valence-corrected chi connectivity index (χ2v) is 12.4. The maximum atomic E-state index is 12.5. The second kappa shape index (κ2) is 23.3. The van der Waals surface area contributed by atoms with Crippen LogP contribution in [0.3, 0.4) is 0 Å². The predicted octanol–water partition coefficient (Wildman–Crippen LogP) is 7.97. The third-order valence-corrected chi connectivity index (χ3v) is 8.38. The van der Waals surface area contributed by atoms with Gasteiger partial charge in [-0.05, 0) is 78.0 Å². The molecule has 8 nitrogen and oxygen atoms in total. The molecule has 0 heterocycles. The summed E-state index contributed by atoms with van der Waals surface area (Å²) < 4.78 is 16.8. The molecule has 2 aromatic rings. The molecule has 45 heavy (non-hydrogen) atoms. The monoisotopic (exact) mass is 735 g/mol. The lowest BCUT2D eigenvalue weighted by Gasteiger charge is -2.16. The zero-order valence-corrected chi connectivity index (χ0v) is 29.0. The molecule has 1 amide bonds. The van der Waals surface area contributed by atoms with Crippen LogP contribution in [0.2, 0.25) is 0 Å². The van der Waals surface area contributed by atoms with Gasteiger partial charge in [0.1, 0.15) is 6.10 Å². The number of amides is 1. The van der Waals surface area contributed by atoms with Gasteiger partial charge in [-0.15, -0.1) is 0 Å². The van der Waals surface area contributed by atoms with Crippen molar-refractivity contribution in [1.29, 1.82) is 0 Å². The normalized spacial score (nSPS) is 11.7. The summed E-state index contributed by atoms with van der Waals surface area (Å²) in [5, 5.41) is 12.5. The van der Waals surface area contributed by atoms with Crippen LogP contribution < -0.4 is 10.1 Å². The quantitative estimate of drug-likeness (QED) is 0.0516. The first kappa shape index (κ1) is 38.1. The number of carbonyl (C=O) groups is 3. The standard InChI is InChI=1S/C36H50INO7/c1-3-4-5-15-20-30(45-36(42)23-28-18-13-12-14-19-28)21-16-10-8-6-7-9-11-17-22-35(41)44-27-34(40)38-26-29-24-33(43-2)32(39)25-31(29)37/h10,12-14,16,18-19,24-25,30,39H,3-9,11,15,17,20-23,26-27H2,1-2H3,(H,38,40)/b16-10+. The SMILES string of the molecule is CCCCCCC(C/C=C/CCCCCCCC(=O)OCC(=O)NCc1cc(OC)c(O)cc1I)OC(=O)Cc1ccccc1. The summed E-state index contributed by atoms with van der Waals surface area (Å²) >= 11 is 2.07. The lowest BCUT2D eigenvalue weighted by molar-refractivity contribution is -0.149. The Morgan fingerprint density at radius 2 is 1.67 bits per heavy atom. The molecule has 0 aliphatic carbocycles. The number of benzene rings is 2. The Balaban J connectivity index is 1.54. The Labute approximate surface area is 282 Å². The average molecular weight is 736 g/mol. The summed E-state index contributed by atoms with van der Waals surface area (Å²) in [4.78, 5) is 36.6. The Morgan fingerprint density at radius 3 is 2.42 bits per heavy atom. The Bertz CT molecular complexity index is 1190. The number of rotatable bonds is 23. The van der Waals surface area contributed by atoms with Gasteiger partial charge in [-0.1, -0.05) is 87.9 Å². The lowest BCUT2D eigenvalue weighted by atomic mass is 10.1. The number of nitrogens with one attached hydrogen (secondary N) is 1. The molecule has 2 rings (SSSR count). The average Bonchev–Trinajstić information content (AvgIpc) is 3.02. The fourth-order valence-corrected chi connectivity index (χ4v) is 5.43. The molecule has 1 unspecified atom stereocenters.